The Kier molecular flexibility index (Phi) is 4.05. The Labute approximate surface area is 150 Å². The van der Waals surface area contributed by atoms with Crippen molar-refractivity contribution in [2.45, 2.75) is 13.3 Å². The van der Waals surface area contributed by atoms with Crippen LogP contribution >= 0.6 is 0 Å². The van der Waals surface area contributed by atoms with Gasteiger partial charge in [0.2, 0.25) is 5.91 Å². The van der Waals surface area contributed by atoms with E-state index in [1.54, 1.807) is 6.20 Å². The van der Waals surface area contributed by atoms with E-state index in [1.807, 2.05) is 48.7 Å². The van der Waals surface area contributed by atoms with Crippen molar-refractivity contribution in [3.63, 3.8) is 0 Å². The zero-order valence-electron chi connectivity index (χ0n) is 14.5. The van der Waals surface area contributed by atoms with Gasteiger partial charge in [0.05, 0.1) is 11.1 Å². The Bertz CT molecular complexity index is 1120. The average molecular weight is 345 g/mol. The number of carbonyl (C=O) groups is 2. The first kappa shape index (κ1) is 16.1. The maximum atomic E-state index is 12.6. The van der Waals surface area contributed by atoms with Gasteiger partial charge in [-0.05, 0) is 24.1 Å². The van der Waals surface area contributed by atoms with E-state index in [2.05, 4.69) is 16.4 Å². The molecule has 0 aliphatic heterocycles. The molecule has 0 saturated heterocycles. The van der Waals surface area contributed by atoms with E-state index in [4.69, 9.17) is 0 Å². The zero-order chi connectivity index (χ0) is 18.1. The number of nitrogens with zero attached hydrogens (tertiary/aromatic N) is 1. The van der Waals surface area contributed by atoms with E-state index in [-0.39, 0.29) is 11.8 Å². The second kappa shape index (κ2) is 6.52. The highest BCUT2D eigenvalue weighted by Crippen LogP contribution is 2.21. The number of benzene rings is 2. The van der Waals surface area contributed by atoms with E-state index >= 15 is 0 Å². The van der Waals surface area contributed by atoms with Crippen LogP contribution < -0.4 is 5.32 Å². The highest BCUT2D eigenvalue weighted by Gasteiger charge is 2.16. The van der Waals surface area contributed by atoms with Crippen LogP contribution in [-0.4, -0.2) is 27.9 Å². The molecule has 2 aromatic carbocycles. The molecule has 0 aliphatic carbocycles. The maximum Gasteiger partial charge on any atom is 0.253 e. The number of aromatic nitrogens is 2. The van der Waals surface area contributed by atoms with Crippen LogP contribution in [0.4, 0.5) is 0 Å². The Morgan fingerprint density at radius 2 is 1.77 bits per heavy atom. The number of aromatic amines is 1. The second-order valence-corrected chi connectivity index (χ2v) is 6.31. The van der Waals surface area contributed by atoms with Gasteiger partial charge in [0.15, 0.2) is 0 Å². The van der Waals surface area contributed by atoms with Gasteiger partial charge in [-0.15, -0.1) is 0 Å². The number of rotatable bonds is 4. The van der Waals surface area contributed by atoms with Crippen LogP contribution in [0, 0.1) is 0 Å². The Balaban J connectivity index is 1.52. The fraction of sp³-hybridized carbons (Fsp3) is 0.143. The number of H-pyrrole nitrogens is 1. The molecule has 4 aromatic rings. The van der Waals surface area contributed by atoms with E-state index < -0.39 is 0 Å². The van der Waals surface area contributed by atoms with Gasteiger partial charge in [-0.2, -0.15) is 0 Å². The molecule has 5 nitrogen and oxygen atoms in total. The van der Waals surface area contributed by atoms with Gasteiger partial charge in [0, 0.05) is 42.2 Å². The number of hydrogen-bond donors (Lipinski definition) is 2. The molecule has 26 heavy (non-hydrogen) atoms. The molecular formula is C21H19N3O2. The lowest BCUT2D eigenvalue weighted by Gasteiger charge is -2.04. The van der Waals surface area contributed by atoms with Gasteiger partial charge in [-0.3, -0.25) is 14.2 Å². The number of hydrogen-bond acceptors (Lipinski definition) is 2. The highest BCUT2D eigenvalue weighted by molar-refractivity contribution is 6.09. The van der Waals surface area contributed by atoms with Crippen LogP contribution in [0.2, 0.25) is 0 Å². The van der Waals surface area contributed by atoms with Crippen molar-refractivity contribution in [1.29, 1.82) is 0 Å². The molecule has 1 amide bonds. The van der Waals surface area contributed by atoms with E-state index in [9.17, 15) is 9.59 Å². The molecule has 0 aliphatic rings. The van der Waals surface area contributed by atoms with Crippen molar-refractivity contribution in [1.82, 2.24) is 14.9 Å². The Morgan fingerprint density at radius 3 is 2.58 bits per heavy atom. The van der Waals surface area contributed by atoms with Crippen LogP contribution in [0.25, 0.3) is 21.8 Å². The third-order valence-corrected chi connectivity index (χ3v) is 4.65. The number of carbonyl (C=O) groups excluding carboxylic acids is 2. The first-order valence-corrected chi connectivity index (χ1v) is 8.59. The minimum Gasteiger partial charge on any atom is -0.361 e. The molecule has 5 heteroatoms. The fourth-order valence-corrected chi connectivity index (χ4v) is 3.37. The lowest BCUT2D eigenvalue weighted by molar-refractivity contribution is 0.0941. The predicted octanol–water partition coefficient (Wildman–Crippen LogP) is 3.76. The number of para-hydroxylation sites is 2. The highest BCUT2D eigenvalue weighted by atomic mass is 16.2. The minimum atomic E-state index is -0.166. The quantitative estimate of drug-likeness (QED) is 0.591. The van der Waals surface area contributed by atoms with Gasteiger partial charge in [-0.1, -0.05) is 36.4 Å². The molecule has 4 rings (SSSR count). The van der Waals surface area contributed by atoms with Gasteiger partial charge >= 0.3 is 0 Å². The summed E-state index contributed by atoms with van der Waals surface area (Å²) in [4.78, 5) is 27.7. The lowest BCUT2D eigenvalue weighted by atomic mass is 10.1. The molecule has 2 heterocycles. The Morgan fingerprint density at radius 1 is 1.04 bits per heavy atom. The van der Waals surface area contributed by atoms with E-state index in [1.165, 1.54) is 22.4 Å². The summed E-state index contributed by atoms with van der Waals surface area (Å²) in [5, 5.41) is 4.93. The molecule has 0 bridgehead atoms. The lowest BCUT2D eigenvalue weighted by Crippen LogP contribution is -2.25. The first-order valence-electron chi connectivity index (χ1n) is 8.59. The molecule has 0 saturated carbocycles. The van der Waals surface area contributed by atoms with Crippen molar-refractivity contribution < 1.29 is 9.59 Å². The molecule has 2 N–H and O–H groups in total. The summed E-state index contributed by atoms with van der Waals surface area (Å²) in [6.07, 6.45) is 4.34. The summed E-state index contributed by atoms with van der Waals surface area (Å²) in [5.41, 5.74) is 3.54. The third kappa shape index (κ3) is 2.77. The summed E-state index contributed by atoms with van der Waals surface area (Å²) in [7, 11) is 0. The molecular weight excluding hydrogens is 326 g/mol. The SMILES string of the molecule is CC(=O)n1cc(C(=O)NCCc2c[nH]c3ccccc23)c2ccccc21. The van der Waals surface area contributed by atoms with Crippen LogP contribution in [0.3, 0.4) is 0 Å². The molecule has 130 valence electrons. The van der Waals surface area contributed by atoms with Gasteiger partial charge in [0.25, 0.3) is 5.91 Å². The summed E-state index contributed by atoms with van der Waals surface area (Å²) in [6.45, 7) is 2.02. The normalized spacial score (nSPS) is 11.1. The van der Waals surface area contributed by atoms with Crippen molar-refractivity contribution in [2.24, 2.45) is 0 Å². The fourth-order valence-electron chi connectivity index (χ4n) is 3.37. The van der Waals surface area contributed by atoms with Crippen LogP contribution in [0.15, 0.2) is 60.9 Å². The molecule has 0 fully saturated rings. The predicted molar refractivity (Wildman–Crippen MR) is 103 cm³/mol. The van der Waals surface area contributed by atoms with Crippen LogP contribution in [0.1, 0.15) is 27.6 Å². The number of amides is 1. The summed E-state index contributed by atoms with van der Waals surface area (Å²) < 4.78 is 1.52. The van der Waals surface area contributed by atoms with Crippen LogP contribution in [0.5, 0.6) is 0 Å². The largest absolute Gasteiger partial charge is 0.361 e. The topological polar surface area (TPSA) is 66.9 Å². The number of fused-ring (bicyclic) bond motifs is 2. The minimum absolute atomic E-state index is 0.112. The third-order valence-electron chi connectivity index (χ3n) is 4.65. The van der Waals surface area contributed by atoms with Crippen molar-refractivity contribution in [3.05, 3.63) is 72.1 Å². The van der Waals surface area contributed by atoms with Gasteiger partial charge < -0.3 is 10.3 Å². The summed E-state index contributed by atoms with van der Waals surface area (Å²) >= 11 is 0. The summed E-state index contributed by atoms with van der Waals surface area (Å²) in [5.74, 6) is -0.278. The van der Waals surface area contributed by atoms with Crippen molar-refractivity contribution in [2.75, 3.05) is 6.54 Å². The molecule has 0 atom stereocenters. The number of nitrogens with one attached hydrogen (secondary N) is 2. The second-order valence-electron chi connectivity index (χ2n) is 6.31. The molecule has 2 aromatic heterocycles. The summed E-state index contributed by atoms with van der Waals surface area (Å²) in [6, 6.07) is 15.6. The van der Waals surface area contributed by atoms with E-state index in [0.29, 0.717) is 12.1 Å². The molecule has 0 spiro atoms. The Hall–Kier alpha value is -3.34. The molecule has 0 unspecified atom stereocenters. The smallest absolute Gasteiger partial charge is 0.253 e. The van der Waals surface area contributed by atoms with Gasteiger partial charge in [-0.25, -0.2) is 0 Å². The van der Waals surface area contributed by atoms with Crippen molar-refractivity contribution in [3.8, 4) is 0 Å². The van der Waals surface area contributed by atoms with Gasteiger partial charge in [0.1, 0.15) is 0 Å². The molecule has 0 radical (unpaired) electrons. The average Bonchev–Trinajstić information content (AvgIpc) is 3.24. The van der Waals surface area contributed by atoms with Crippen LogP contribution in [-0.2, 0) is 6.42 Å². The first-order chi connectivity index (χ1) is 12.6. The van der Waals surface area contributed by atoms with E-state index in [0.717, 1.165) is 22.8 Å². The standard InChI is InChI=1S/C21H19N3O2/c1-14(25)24-13-18(17-7-3-5-9-20(17)24)21(26)22-11-10-15-12-23-19-8-4-2-6-16(15)19/h2-9,12-13,23H,10-11H2,1H3,(H,22,26). The zero-order valence-corrected chi connectivity index (χ0v) is 14.5. The van der Waals surface area contributed by atoms with Crippen molar-refractivity contribution >= 4 is 33.6 Å². The maximum absolute atomic E-state index is 12.6. The monoisotopic (exact) mass is 345 g/mol.